The first-order valence-corrected chi connectivity index (χ1v) is 9.69. The van der Waals surface area contributed by atoms with Crippen LogP contribution in [0.5, 0.6) is 0 Å². The summed E-state index contributed by atoms with van der Waals surface area (Å²) < 4.78 is 26.8. The zero-order valence-corrected chi connectivity index (χ0v) is 19.1. The van der Waals surface area contributed by atoms with Crippen LogP contribution in [0, 0.1) is 12.7 Å². The Hall–Kier alpha value is -2.94. The first-order valence-electron chi connectivity index (χ1n) is 9.31. The summed E-state index contributed by atoms with van der Waals surface area (Å²) in [6, 6.07) is 2.88. The Morgan fingerprint density at radius 2 is 1.61 bits per heavy atom. The molecule has 8 nitrogen and oxygen atoms in total. The average molecular weight is 455 g/mol. The van der Waals surface area contributed by atoms with Gasteiger partial charge in [0.2, 0.25) is 5.60 Å². The van der Waals surface area contributed by atoms with E-state index in [0.717, 1.165) is 22.8 Å². The van der Waals surface area contributed by atoms with Gasteiger partial charge in [-0.25, -0.2) is 23.3 Å². The Labute approximate surface area is 183 Å². The fourth-order valence-electron chi connectivity index (χ4n) is 2.55. The van der Waals surface area contributed by atoms with E-state index >= 15 is 0 Å². The lowest BCUT2D eigenvalue weighted by Crippen LogP contribution is -2.42. The fourth-order valence-corrected chi connectivity index (χ4v) is 2.78. The number of carbonyl (C=O) groups is 2. The maximum Gasteiger partial charge on any atom is 0.350 e. The van der Waals surface area contributed by atoms with Crippen molar-refractivity contribution >= 4 is 23.5 Å². The first-order chi connectivity index (χ1) is 14.0. The van der Waals surface area contributed by atoms with Gasteiger partial charge in [-0.15, -0.1) is 0 Å². The zero-order valence-electron chi connectivity index (χ0n) is 18.3. The van der Waals surface area contributed by atoms with Gasteiger partial charge in [0.15, 0.2) is 0 Å². The van der Waals surface area contributed by atoms with Gasteiger partial charge < -0.3 is 14.0 Å². The smallest absolute Gasteiger partial charge is 0.350 e. The number of halogens is 2. The summed E-state index contributed by atoms with van der Waals surface area (Å²) in [5, 5.41) is -0.316. The number of aryl methyl sites for hydroxylation is 1. The van der Waals surface area contributed by atoms with E-state index in [-0.39, 0.29) is 10.6 Å². The van der Waals surface area contributed by atoms with Crippen molar-refractivity contribution in [3.05, 3.63) is 61.1 Å². The van der Waals surface area contributed by atoms with Crippen molar-refractivity contribution in [3.8, 4) is 5.69 Å². The number of rotatable bonds is 4. The van der Waals surface area contributed by atoms with E-state index in [9.17, 15) is 23.6 Å². The number of hydrogen-bond acceptors (Lipinski definition) is 6. The van der Waals surface area contributed by atoms with Crippen molar-refractivity contribution in [1.82, 2.24) is 9.13 Å². The highest BCUT2D eigenvalue weighted by Crippen LogP contribution is 2.26. The molecule has 0 saturated heterocycles. The molecule has 1 heterocycles. The summed E-state index contributed by atoms with van der Waals surface area (Å²) in [7, 11) is 1.42. The number of carbonyl (C=O) groups excluding carboxylic acids is 2. The number of ether oxygens (including phenoxy) is 2. The second kappa shape index (κ2) is 8.30. The minimum atomic E-state index is -1.68. The molecule has 2 aromatic rings. The third-order valence-corrected chi connectivity index (χ3v) is 4.61. The van der Waals surface area contributed by atoms with Gasteiger partial charge in [0.25, 0.3) is 5.56 Å². The predicted molar refractivity (Wildman–Crippen MR) is 112 cm³/mol. The van der Waals surface area contributed by atoms with Crippen molar-refractivity contribution in [3.63, 3.8) is 0 Å². The summed E-state index contributed by atoms with van der Waals surface area (Å²) in [6.45, 7) is 9.19. The van der Waals surface area contributed by atoms with E-state index in [1.54, 1.807) is 27.7 Å². The van der Waals surface area contributed by atoms with Crippen LogP contribution in [0.3, 0.4) is 0 Å². The number of hydrogen-bond donors (Lipinski definition) is 0. The molecule has 31 heavy (non-hydrogen) atoms. The lowest BCUT2D eigenvalue weighted by atomic mass is 10.1. The van der Waals surface area contributed by atoms with Gasteiger partial charge in [-0.2, -0.15) is 0 Å². The Morgan fingerprint density at radius 1 is 1.03 bits per heavy atom. The highest BCUT2D eigenvalue weighted by molar-refractivity contribution is 6.33. The summed E-state index contributed by atoms with van der Waals surface area (Å²) in [5.74, 6) is -2.84. The van der Waals surface area contributed by atoms with Crippen molar-refractivity contribution in [1.29, 1.82) is 0 Å². The monoisotopic (exact) mass is 454 g/mol. The van der Waals surface area contributed by atoms with E-state index in [1.807, 2.05) is 0 Å². The van der Waals surface area contributed by atoms with Gasteiger partial charge in [-0.05, 0) is 53.7 Å². The van der Waals surface area contributed by atoms with Gasteiger partial charge in [-0.1, -0.05) is 11.6 Å². The minimum absolute atomic E-state index is 0.316. The van der Waals surface area contributed by atoms with E-state index < -0.39 is 45.9 Å². The van der Waals surface area contributed by atoms with E-state index in [4.69, 9.17) is 21.1 Å². The molecule has 10 heteroatoms. The van der Waals surface area contributed by atoms with Crippen LogP contribution in [0.2, 0.25) is 5.02 Å². The molecule has 0 N–H and O–H groups in total. The van der Waals surface area contributed by atoms with Crippen molar-refractivity contribution in [2.24, 2.45) is 7.05 Å². The molecule has 0 saturated carbocycles. The zero-order chi connectivity index (χ0) is 23.9. The standard InChI is InChI=1S/C21H24ClFN2O6/c1-11-8-16(26)25(19(29)24(11)7)15-9-12(13(22)10-14(15)23)17(27)30-21(5,6)18(28)31-20(2,3)4/h8-10H,1-7H3. The van der Waals surface area contributed by atoms with Crippen LogP contribution >= 0.6 is 11.6 Å². The maximum absolute atomic E-state index is 14.6. The highest BCUT2D eigenvalue weighted by atomic mass is 35.5. The third kappa shape index (κ3) is 5.22. The van der Waals surface area contributed by atoms with Gasteiger partial charge >= 0.3 is 17.6 Å². The lowest BCUT2D eigenvalue weighted by molar-refractivity contribution is -0.174. The second-order valence-electron chi connectivity index (χ2n) is 8.49. The van der Waals surface area contributed by atoms with Crippen molar-refractivity contribution < 1.29 is 23.5 Å². The molecular formula is C21H24ClFN2O6. The number of aromatic nitrogens is 2. The van der Waals surface area contributed by atoms with Gasteiger partial charge in [-0.3, -0.25) is 4.79 Å². The molecule has 168 valence electrons. The molecule has 0 radical (unpaired) electrons. The Morgan fingerprint density at radius 3 is 2.16 bits per heavy atom. The van der Waals surface area contributed by atoms with Gasteiger partial charge in [0.1, 0.15) is 11.4 Å². The molecular weight excluding hydrogens is 431 g/mol. The van der Waals surface area contributed by atoms with Gasteiger partial charge in [0.05, 0.1) is 16.3 Å². The van der Waals surface area contributed by atoms with Crippen LogP contribution in [0.15, 0.2) is 27.8 Å². The molecule has 0 spiro atoms. The fraction of sp³-hybridized carbons (Fsp3) is 0.429. The van der Waals surface area contributed by atoms with Crippen LogP contribution in [0.4, 0.5) is 4.39 Å². The maximum atomic E-state index is 14.6. The molecule has 0 unspecified atom stereocenters. The molecule has 0 aliphatic carbocycles. The largest absolute Gasteiger partial charge is 0.457 e. The average Bonchev–Trinajstić information content (AvgIpc) is 2.59. The van der Waals surface area contributed by atoms with Crippen LogP contribution in [0.1, 0.15) is 50.7 Å². The molecule has 0 fully saturated rings. The first kappa shape index (κ1) is 24.3. The number of nitrogens with zero attached hydrogens (tertiary/aromatic N) is 2. The SMILES string of the molecule is Cc1cc(=O)n(-c2cc(C(=O)OC(C)(C)C(=O)OC(C)(C)C)c(Cl)cc2F)c(=O)n1C. The summed E-state index contributed by atoms with van der Waals surface area (Å²) >= 11 is 6.01. The number of benzene rings is 1. The third-order valence-electron chi connectivity index (χ3n) is 4.30. The van der Waals surface area contributed by atoms with E-state index in [2.05, 4.69) is 0 Å². The molecule has 1 aromatic carbocycles. The van der Waals surface area contributed by atoms with Crippen LogP contribution < -0.4 is 11.2 Å². The molecule has 1 aromatic heterocycles. The number of esters is 2. The molecule has 0 atom stereocenters. The topological polar surface area (TPSA) is 96.6 Å². The molecule has 0 aliphatic rings. The summed E-state index contributed by atoms with van der Waals surface area (Å²) in [6.07, 6.45) is 0. The minimum Gasteiger partial charge on any atom is -0.457 e. The summed E-state index contributed by atoms with van der Waals surface area (Å²) in [4.78, 5) is 50.0. The van der Waals surface area contributed by atoms with Crippen LogP contribution in [-0.4, -0.2) is 32.3 Å². The second-order valence-corrected chi connectivity index (χ2v) is 8.89. The van der Waals surface area contributed by atoms with Gasteiger partial charge in [0, 0.05) is 18.8 Å². The Kier molecular flexibility index (Phi) is 6.51. The highest BCUT2D eigenvalue weighted by Gasteiger charge is 2.37. The van der Waals surface area contributed by atoms with E-state index in [0.29, 0.717) is 10.3 Å². The van der Waals surface area contributed by atoms with E-state index in [1.165, 1.54) is 20.9 Å². The quantitative estimate of drug-likeness (QED) is 0.659. The van der Waals surface area contributed by atoms with Crippen LogP contribution in [-0.2, 0) is 21.3 Å². The molecule has 0 amide bonds. The lowest BCUT2D eigenvalue weighted by Gasteiger charge is -2.28. The molecule has 2 rings (SSSR count). The predicted octanol–water partition coefficient (Wildman–Crippen LogP) is 2.91. The summed E-state index contributed by atoms with van der Waals surface area (Å²) in [5.41, 5.74) is -4.51. The van der Waals surface area contributed by atoms with Crippen molar-refractivity contribution in [2.45, 2.75) is 52.7 Å². The van der Waals surface area contributed by atoms with Crippen LogP contribution in [0.25, 0.3) is 5.69 Å². The molecule has 0 bridgehead atoms. The molecule has 0 aliphatic heterocycles. The normalized spacial score (nSPS) is 11.9. The Balaban J connectivity index is 2.53. The van der Waals surface area contributed by atoms with Crippen molar-refractivity contribution in [2.75, 3.05) is 0 Å². The Bertz CT molecular complexity index is 1170.